The average Bonchev–Trinajstić information content (AvgIpc) is 2.31. The van der Waals surface area contributed by atoms with E-state index >= 15 is 0 Å². The van der Waals surface area contributed by atoms with Crippen molar-refractivity contribution in [3.63, 3.8) is 0 Å². The second-order valence-electron chi connectivity index (χ2n) is 6.96. The molecule has 20 heavy (non-hydrogen) atoms. The van der Waals surface area contributed by atoms with Crippen LogP contribution in [0.4, 0.5) is 4.79 Å². The Hall–Kier alpha value is -0.810. The summed E-state index contributed by atoms with van der Waals surface area (Å²) in [6, 6.07) is 0. The standard InChI is InChI=1S/C15H28N2O3/c1-15(2,3)20-14(18)17-7-5-16(6-8-17)11-12-9-13(10-12)19-4/h12-13H,5-11H2,1-4H3. The molecule has 0 bridgehead atoms. The van der Waals surface area contributed by atoms with E-state index in [9.17, 15) is 4.79 Å². The van der Waals surface area contributed by atoms with Crippen molar-refractivity contribution in [3.05, 3.63) is 0 Å². The Labute approximate surface area is 122 Å². The molecule has 2 fully saturated rings. The van der Waals surface area contributed by atoms with E-state index in [1.54, 1.807) is 7.11 Å². The molecule has 0 aromatic carbocycles. The van der Waals surface area contributed by atoms with Crippen LogP contribution in [0.15, 0.2) is 0 Å². The van der Waals surface area contributed by atoms with Crippen LogP contribution in [0.3, 0.4) is 0 Å². The van der Waals surface area contributed by atoms with Crippen LogP contribution in [-0.4, -0.2) is 67.4 Å². The van der Waals surface area contributed by atoms with Gasteiger partial charge in [-0.3, -0.25) is 4.90 Å². The van der Waals surface area contributed by atoms with E-state index in [0.29, 0.717) is 6.10 Å². The largest absolute Gasteiger partial charge is 0.444 e. The summed E-state index contributed by atoms with van der Waals surface area (Å²) in [6.45, 7) is 10.3. The fourth-order valence-corrected chi connectivity index (χ4v) is 2.82. The first-order valence-corrected chi connectivity index (χ1v) is 7.60. The summed E-state index contributed by atoms with van der Waals surface area (Å²) in [5.74, 6) is 0.771. The van der Waals surface area contributed by atoms with Crippen molar-refractivity contribution >= 4 is 6.09 Å². The lowest BCUT2D eigenvalue weighted by molar-refractivity contribution is -0.0190. The summed E-state index contributed by atoms with van der Waals surface area (Å²) < 4.78 is 10.7. The lowest BCUT2D eigenvalue weighted by Crippen LogP contribution is -2.52. The minimum absolute atomic E-state index is 0.180. The summed E-state index contributed by atoms with van der Waals surface area (Å²) in [5.41, 5.74) is -0.407. The fourth-order valence-electron chi connectivity index (χ4n) is 2.82. The van der Waals surface area contributed by atoms with Crippen LogP contribution in [0.1, 0.15) is 33.6 Å². The number of nitrogens with zero attached hydrogens (tertiary/aromatic N) is 2. The number of carbonyl (C=O) groups is 1. The molecule has 1 heterocycles. The predicted molar refractivity (Wildman–Crippen MR) is 77.8 cm³/mol. The third-order valence-corrected chi connectivity index (χ3v) is 4.07. The van der Waals surface area contributed by atoms with E-state index < -0.39 is 5.60 Å². The Morgan fingerprint density at radius 2 is 1.75 bits per heavy atom. The first-order valence-electron chi connectivity index (χ1n) is 7.60. The number of hydrogen-bond donors (Lipinski definition) is 0. The number of amides is 1. The molecule has 0 aromatic rings. The highest BCUT2D eigenvalue weighted by atomic mass is 16.6. The molecule has 0 unspecified atom stereocenters. The smallest absolute Gasteiger partial charge is 0.410 e. The molecule has 1 amide bonds. The van der Waals surface area contributed by atoms with E-state index in [4.69, 9.17) is 9.47 Å². The number of ether oxygens (including phenoxy) is 2. The number of piperazine rings is 1. The van der Waals surface area contributed by atoms with Gasteiger partial charge in [0, 0.05) is 39.8 Å². The van der Waals surface area contributed by atoms with Gasteiger partial charge in [-0.25, -0.2) is 4.79 Å². The van der Waals surface area contributed by atoms with E-state index in [-0.39, 0.29) is 6.09 Å². The maximum absolute atomic E-state index is 12.0. The van der Waals surface area contributed by atoms with Gasteiger partial charge >= 0.3 is 6.09 Å². The molecule has 116 valence electrons. The van der Waals surface area contributed by atoms with Gasteiger partial charge in [0.15, 0.2) is 0 Å². The molecular formula is C15H28N2O3. The Morgan fingerprint density at radius 1 is 1.15 bits per heavy atom. The summed E-state index contributed by atoms with van der Waals surface area (Å²) >= 11 is 0. The van der Waals surface area contributed by atoms with Gasteiger partial charge in [0.05, 0.1) is 6.10 Å². The van der Waals surface area contributed by atoms with Gasteiger partial charge in [-0.2, -0.15) is 0 Å². The van der Waals surface area contributed by atoms with Crippen molar-refractivity contribution in [1.82, 2.24) is 9.80 Å². The maximum Gasteiger partial charge on any atom is 0.410 e. The summed E-state index contributed by atoms with van der Waals surface area (Å²) in [5, 5.41) is 0. The first-order chi connectivity index (χ1) is 9.37. The zero-order valence-electron chi connectivity index (χ0n) is 13.2. The topological polar surface area (TPSA) is 42.0 Å². The molecule has 5 nitrogen and oxygen atoms in total. The van der Waals surface area contributed by atoms with E-state index in [1.807, 2.05) is 25.7 Å². The van der Waals surface area contributed by atoms with Crippen LogP contribution in [0.2, 0.25) is 0 Å². The van der Waals surface area contributed by atoms with Crippen molar-refractivity contribution in [2.75, 3.05) is 39.8 Å². The molecule has 0 atom stereocenters. The highest BCUT2D eigenvalue weighted by Crippen LogP contribution is 2.30. The summed E-state index contributed by atoms with van der Waals surface area (Å²) in [7, 11) is 1.79. The maximum atomic E-state index is 12.0. The molecule has 5 heteroatoms. The molecule has 0 aromatic heterocycles. The van der Waals surface area contributed by atoms with Crippen LogP contribution in [0.5, 0.6) is 0 Å². The minimum Gasteiger partial charge on any atom is -0.444 e. The van der Waals surface area contributed by atoms with Gasteiger partial charge in [0.1, 0.15) is 5.60 Å². The first kappa shape index (κ1) is 15.6. The van der Waals surface area contributed by atoms with Gasteiger partial charge in [-0.05, 0) is 39.5 Å². The van der Waals surface area contributed by atoms with Crippen molar-refractivity contribution in [3.8, 4) is 0 Å². The zero-order valence-corrected chi connectivity index (χ0v) is 13.2. The number of methoxy groups -OCH3 is 1. The molecule has 1 saturated carbocycles. The second-order valence-corrected chi connectivity index (χ2v) is 6.96. The minimum atomic E-state index is -0.407. The molecule has 2 rings (SSSR count). The van der Waals surface area contributed by atoms with Crippen LogP contribution < -0.4 is 0 Å². The molecule has 0 N–H and O–H groups in total. The average molecular weight is 284 g/mol. The van der Waals surface area contributed by atoms with E-state index in [0.717, 1.165) is 38.6 Å². The monoisotopic (exact) mass is 284 g/mol. The lowest BCUT2D eigenvalue weighted by atomic mass is 9.82. The fraction of sp³-hybridized carbons (Fsp3) is 0.933. The molecule has 0 spiro atoms. The molecule has 1 saturated heterocycles. The number of rotatable bonds is 3. The lowest BCUT2D eigenvalue weighted by Gasteiger charge is -2.41. The molecule has 1 aliphatic heterocycles. The third kappa shape index (κ3) is 4.35. The van der Waals surface area contributed by atoms with Crippen LogP contribution >= 0.6 is 0 Å². The zero-order chi connectivity index (χ0) is 14.8. The highest BCUT2D eigenvalue weighted by molar-refractivity contribution is 5.68. The van der Waals surface area contributed by atoms with Crippen LogP contribution in [0, 0.1) is 5.92 Å². The molecular weight excluding hydrogens is 256 g/mol. The van der Waals surface area contributed by atoms with Crippen molar-refractivity contribution in [1.29, 1.82) is 0 Å². The Bertz CT molecular complexity index is 327. The van der Waals surface area contributed by atoms with Crippen LogP contribution in [-0.2, 0) is 9.47 Å². The number of carbonyl (C=O) groups excluding carboxylic acids is 1. The van der Waals surface area contributed by atoms with E-state index in [2.05, 4.69) is 4.90 Å². The number of hydrogen-bond acceptors (Lipinski definition) is 4. The van der Waals surface area contributed by atoms with Gasteiger partial charge < -0.3 is 14.4 Å². The summed E-state index contributed by atoms with van der Waals surface area (Å²) in [4.78, 5) is 16.2. The quantitative estimate of drug-likeness (QED) is 0.794. The Morgan fingerprint density at radius 3 is 2.25 bits per heavy atom. The molecule has 1 aliphatic carbocycles. The second kappa shape index (κ2) is 6.31. The van der Waals surface area contributed by atoms with Gasteiger partial charge in [-0.1, -0.05) is 0 Å². The van der Waals surface area contributed by atoms with Gasteiger partial charge in [0.2, 0.25) is 0 Å². The van der Waals surface area contributed by atoms with Crippen LogP contribution in [0.25, 0.3) is 0 Å². The Balaban J connectivity index is 1.66. The molecule has 0 radical (unpaired) electrons. The van der Waals surface area contributed by atoms with Gasteiger partial charge in [0.25, 0.3) is 0 Å². The molecule has 2 aliphatic rings. The normalized spacial score (nSPS) is 28.1. The van der Waals surface area contributed by atoms with Crippen molar-refractivity contribution in [2.45, 2.75) is 45.3 Å². The predicted octanol–water partition coefficient (Wildman–Crippen LogP) is 1.96. The van der Waals surface area contributed by atoms with Gasteiger partial charge in [-0.15, -0.1) is 0 Å². The third-order valence-electron chi connectivity index (χ3n) is 4.07. The van der Waals surface area contributed by atoms with Crippen molar-refractivity contribution < 1.29 is 14.3 Å². The Kier molecular flexibility index (Phi) is 4.91. The van der Waals surface area contributed by atoms with Crippen molar-refractivity contribution in [2.24, 2.45) is 5.92 Å². The highest BCUT2D eigenvalue weighted by Gasteiger charge is 2.32. The SMILES string of the molecule is COC1CC(CN2CCN(C(=O)OC(C)(C)C)CC2)C1. The summed E-state index contributed by atoms with van der Waals surface area (Å²) in [6.07, 6.45) is 2.66. The van der Waals surface area contributed by atoms with E-state index in [1.165, 1.54) is 12.8 Å².